The molecule has 2 aliphatic carbocycles. The molecule has 3 N–H and O–H groups in total. The van der Waals surface area contributed by atoms with Crippen LogP contribution in [0, 0.1) is 5.92 Å². The number of benzene rings is 2. The summed E-state index contributed by atoms with van der Waals surface area (Å²) < 4.78 is 5.93. The van der Waals surface area contributed by atoms with Crippen LogP contribution in [0.2, 0.25) is 0 Å². The second-order valence-electron chi connectivity index (χ2n) is 9.34. The lowest BCUT2D eigenvalue weighted by molar-refractivity contribution is -0.131. The van der Waals surface area contributed by atoms with E-state index in [0.717, 1.165) is 23.6 Å². The largest absolute Gasteiger partial charge is 0.478 e. The number of ether oxygens (including phenoxy) is 1. The lowest BCUT2D eigenvalue weighted by Gasteiger charge is -2.24. The highest BCUT2D eigenvalue weighted by Crippen LogP contribution is 2.44. The minimum absolute atomic E-state index is 0.174. The van der Waals surface area contributed by atoms with Gasteiger partial charge in [-0.1, -0.05) is 48.5 Å². The van der Waals surface area contributed by atoms with Crippen molar-refractivity contribution in [2.45, 2.75) is 56.8 Å². The van der Waals surface area contributed by atoms with Gasteiger partial charge in [-0.05, 0) is 73.3 Å². The first-order chi connectivity index (χ1) is 15.4. The molecule has 0 spiro atoms. The number of carboxylic acid groups (broad SMARTS) is 1. The van der Waals surface area contributed by atoms with Crippen LogP contribution in [0.3, 0.4) is 0 Å². The fourth-order valence-electron chi connectivity index (χ4n) is 4.88. The zero-order valence-electron chi connectivity index (χ0n) is 18.7. The number of carbonyl (C=O) groups is 1. The molecule has 2 aromatic carbocycles. The van der Waals surface area contributed by atoms with E-state index in [-0.39, 0.29) is 18.2 Å². The van der Waals surface area contributed by atoms with E-state index in [1.807, 2.05) is 31.2 Å². The molecule has 1 saturated carbocycles. The molecular weight excluding hydrogens is 402 g/mol. The SMILES string of the molecule is C[C@@H](OC[C@H](O)CNC1(CC2Cc3ccccc3C2)CC1)c1ccccc1C=CC(=O)O. The second-order valence-corrected chi connectivity index (χ2v) is 9.34. The van der Waals surface area contributed by atoms with Crippen LogP contribution in [0.1, 0.15) is 54.5 Å². The van der Waals surface area contributed by atoms with Crippen LogP contribution in [-0.4, -0.2) is 41.0 Å². The fourth-order valence-corrected chi connectivity index (χ4v) is 4.88. The summed E-state index contributed by atoms with van der Waals surface area (Å²) in [5.41, 5.74) is 4.88. The van der Waals surface area contributed by atoms with Crippen molar-refractivity contribution in [3.8, 4) is 0 Å². The van der Waals surface area contributed by atoms with E-state index >= 15 is 0 Å². The van der Waals surface area contributed by atoms with Crippen LogP contribution in [-0.2, 0) is 22.4 Å². The van der Waals surface area contributed by atoms with Gasteiger partial charge in [0, 0.05) is 18.2 Å². The highest BCUT2D eigenvalue weighted by molar-refractivity contribution is 5.85. The summed E-state index contributed by atoms with van der Waals surface area (Å²) in [5.74, 6) is -0.295. The van der Waals surface area contributed by atoms with Crippen molar-refractivity contribution in [1.29, 1.82) is 0 Å². The van der Waals surface area contributed by atoms with Crippen molar-refractivity contribution in [2.24, 2.45) is 5.92 Å². The van der Waals surface area contributed by atoms with Gasteiger partial charge < -0.3 is 20.3 Å². The van der Waals surface area contributed by atoms with Gasteiger partial charge in [-0.15, -0.1) is 0 Å². The molecule has 1 fully saturated rings. The molecule has 0 bridgehead atoms. The molecule has 0 aliphatic heterocycles. The number of aliphatic carboxylic acids is 1. The number of aliphatic hydroxyl groups excluding tert-OH is 1. The van der Waals surface area contributed by atoms with Gasteiger partial charge in [-0.2, -0.15) is 0 Å². The molecule has 5 nitrogen and oxygen atoms in total. The third-order valence-corrected chi connectivity index (χ3v) is 6.76. The minimum Gasteiger partial charge on any atom is -0.478 e. The quantitative estimate of drug-likeness (QED) is 0.462. The Morgan fingerprint density at radius 2 is 1.81 bits per heavy atom. The van der Waals surface area contributed by atoms with Crippen LogP contribution in [0.25, 0.3) is 6.08 Å². The van der Waals surface area contributed by atoms with Gasteiger partial charge in [0.2, 0.25) is 0 Å². The number of aliphatic hydroxyl groups is 1. The van der Waals surface area contributed by atoms with Crippen LogP contribution in [0.5, 0.6) is 0 Å². The number of hydrogen-bond acceptors (Lipinski definition) is 4. The molecular formula is C27H33NO4. The van der Waals surface area contributed by atoms with E-state index in [1.165, 1.54) is 36.8 Å². The van der Waals surface area contributed by atoms with E-state index < -0.39 is 12.1 Å². The van der Waals surface area contributed by atoms with Crippen molar-refractivity contribution in [3.05, 3.63) is 76.9 Å². The molecule has 32 heavy (non-hydrogen) atoms. The average Bonchev–Trinajstić information content (AvgIpc) is 3.43. The van der Waals surface area contributed by atoms with Crippen LogP contribution < -0.4 is 5.32 Å². The third-order valence-electron chi connectivity index (χ3n) is 6.76. The Morgan fingerprint density at radius 1 is 1.16 bits per heavy atom. The molecule has 170 valence electrons. The maximum Gasteiger partial charge on any atom is 0.328 e. The maximum atomic E-state index is 10.8. The number of β-amino-alcohol motifs (C(OH)–C–C–N with tert-alkyl or cyclic N) is 1. The van der Waals surface area contributed by atoms with E-state index in [2.05, 4.69) is 29.6 Å². The molecule has 0 saturated heterocycles. The van der Waals surface area contributed by atoms with Crippen molar-refractivity contribution >= 4 is 12.0 Å². The Morgan fingerprint density at radius 3 is 2.47 bits per heavy atom. The van der Waals surface area contributed by atoms with Crippen LogP contribution in [0.15, 0.2) is 54.6 Å². The smallest absolute Gasteiger partial charge is 0.328 e. The van der Waals surface area contributed by atoms with E-state index in [4.69, 9.17) is 9.84 Å². The highest BCUT2D eigenvalue weighted by Gasteiger charge is 2.44. The molecule has 4 rings (SSSR count). The monoisotopic (exact) mass is 435 g/mol. The zero-order valence-corrected chi connectivity index (χ0v) is 18.7. The predicted octanol–water partition coefficient (Wildman–Crippen LogP) is 4.15. The Labute approximate surface area is 190 Å². The average molecular weight is 436 g/mol. The van der Waals surface area contributed by atoms with E-state index in [9.17, 15) is 9.90 Å². The fraction of sp³-hybridized carbons (Fsp3) is 0.444. The lowest BCUT2D eigenvalue weighted by Crippen LogP contribution is -2.40. The molecule has 0 unspecified atom stereocenters. The molecule has 2 atom stereocenters. The minimum atomic E-state index is -0.981. The van der Waals surface area contributed by atoms with Crippen molar-refractivity contribution < 1.29 is 19.7 Å². The summed E-state index contributed by atoms with van der Waals surface area (Å²) >= 11 is 0. The van der Waals surface area contributed by atoms with Gasteiger partial charge >= 0.3 is 5.97 Å². The normalized spacial score (nSPS) is 19.1. The third kappa shape index (κ3) is 5.85. The number of rotatable bonds is 11. The lowest BCUT2D eigenvalue weighted by atomic mass is 9.95. The predicted molar refractivity (Wildman–Crippen MR) is 125 cm³/mol. The van der Waals surface area contributed by atoms with E-state index in [0.29, 0.717) is 12.5 Å². The summed E-state index contributed by atoms with van der Waals surface area (Å²) in [5, 5.41) is 23.0. The second kappa shape index (κ2) is 9.99. The first-order valence-corrected chi connectivity index (χ1v) is 11.6. The molecule has 0 aromatic heterocycles. The number of hydrogen-bond donors (Lipinski definition) is 3. The summed E-state index contributed by atoms with van der Waals surface area (Å²) in [6, 6.07) is 16.3. The number of fused-ring (bicyclic) bond motifs is 1. The Balaban J connectivity index is 1.23. The molecule has 5 heteroatoms. The molecule has 2 aromatic rings. The number of carboxylic acids is 1. The van der Waals surface area contributed by atoms with Crippen LogP contribution >= 0.6 is 0 Å². The van der Waals surface area contributed by atoms with Crippen molar-refractivity contribution in [2.75, 3.05) is 13.2 Å². The van der Waals surface area contributed by atoms with Gasteiger partial charge in [0.1, 0.15) is 0 Å². The Bertz CT molecular complexity index is 941. The zero-order chi connectivity index (χ0) is 22.6. The van der Waals surface area contributed by atoms with E-state index in [1.54, 1.807) is 6.08 Å². The summed E-state index contributed by atoms with van der Waals surface area (Å²) in [6.45, 7) is 2.68. The maximum absolute atomic E-state index is 10.8. The van der Waals surface area contributed by atoms with Crippen molar-refractivity contribution in [1.82, 2.24) is 5.32 Å². The summed E-state index contributed by atoms with van der Waals surface area (Å²) in [7, 11) is 0. The van der Waals surface area contributed by atoms with Crippen molar-refractivity contribution in [3.63, 3.8) is 0 Å². The standard InChI is InChI=1S/C27H33NO4/c1-19(25-9-5-4-6-21(25)10-11-26(30)31)32-18-24(29)17-28-27(12-13-27)16-20-14-22-7-2-3-8-23(22)15-20/h2-11,19-20,24,28-29H,12-18H2,1H3,(H,30,31)/t19-,24-/m1/s1. The number of nitrogens with one attached hydrogen (secondary N) is 1. The van der Waals surface area contributed by atoms with Crippen LogP contribution in [0.4, 0.5) is 0 Å². The van der Waals surface area contributed by atoms with Gasteiger partial charge in [-0.3, -0.25) is 0 Å². The Kier molecular flexibility index (Phi) is 7.09. The summed E-state index contributed by atoms with van der Waals surface area (Å²) in [6.07, 6.45) is 7.71. The summed E-state index contributed by atoms with van der Waals surface area (Å²) in [4.78, 5) is 10.8. The van der Waals surface area contributed by atoms with Gasteiger partial charge in [-0.25, -0.2) is 4.79 Å². The molecule has 0 heterocycles. The van der Waals surface area contributed by atoms with Gasteiger partial charge in [0.15, 0.2) is 0 Å². The molecule has 0 amide bonds. The first kappa shape index (κ1) is 22.7. The first-order valence-electron chi connectivity index (χ1n) is 11.6. The molecule has 2 aliphatic rings. The molecule has 0 radical (unpaired) electrons. The van der Waals surface area contributed by atoms with Gasteiger partial charge in [0.05, 0.1) is 18.8 Å². The van der Waals surface area contributed by atoms with Gasteiger partial charge in [0.25, 0.3) is 0 Å². The Hall–Kier alpha value is -2.47. The highest BCUT2D eigenvalue weighted by atomic mass is 16.5. The topological polar surface area (TPSA) is 78.8 Å².